The molecule has 0 bridgehead atoms. The summed E-state index contributed by atoms with van der Waals surface area (Å²) in [5.41, 5.74) is -1.17. The lowest BCUT2D eigenvalue weighted by Gasteiger charge is -2.19. The minimum atomic E-state index is -1.17. The molecule has 0 saturated heterocycles. The number of ketones is 1. The topological polar surface area (TPSA) is 74.1 Å². The standard InChI is InChI=1S/C13H21N3O3/c1-6-10-14-11(7-2)16(15-10)8-9(17)13(3,4)12(18)19-5/h6-8H2,1-5H3. The summed E-state index contributed by atoms with van der Waals surface area (Å²) in [7, 11) is 1.28. The number of aryl methyl sites for hydroxylation is 2. The van der Waals surface area contributed by atoms with Crippen molar-refractivity contribution in [3.63, 3.8) is 0 Å². The van der Waals surface area contributed by atoms with E-state index in [1.54, 1.807) is 18.5 Å². The summed E-state index contributed by atoms with van der Waals surface area (Å²) in [6.45, 7) is 7.07. The number of aromatic nitrogens is 3. The zero-order valence-electron chi connectivity index (χ0n) is 12.2. The molecule has 0 radical (unpaired) electrons. The molecule has 0 spiro atoms. The van der Waals surface area contributed by atoms with Crippen molar-refractivity contribution in [3.05, 3.63) is 11.6 Å². The first kappa shape index (κ1) is 15.3. The Morgan fingerprint density at radius 3 is 2.37 bits per heavy atom. The van der Waals surface area contributed by atoms with Crippen molar-refractivity contribution in [2.75, 3.05) is 7.11 Å². The van der Waals surface area contributed by atoms with Crippen LogP contribution in [0.15, 0.2) is 0 Å². The van der Waals surface area contributed by atoms with Gasteiger partial charge >= 0.3 is 5.97 Å². The molecule has 0 aromatic carbocycles. The smallest absolute Gasteiger partial charge is 0.318 e. The van der Waals surface area contributed by atoms with E-state index in [-0.39, 0.29) is 12.3 Å². The largest absolute Gasteiger partial charge is 0.468 e. The number of ether oxygens (including phenoxy) is 1. The zero-order chi connectivity index (χ0) is 14.6. The van der Waals surface area contributed by atoms with Crippen LogP contribution in [0.1, 0.15) is 39.3 Å². The predicted molar refractivity (Wildman–Crippen MR) is 69.6 cm³/mol. The van der Waals surface area contributed by atoms with Crippen LogP contribution in [0.2, 0.25) is 0 Å². The van der Waals surface area contributed by atoms with Crippen LogP contribution >= 0.6 is 0 Å². The maximum absolute atomic E-state index is 12.2. The van der Waals surface area contributed by atoms with Crippen LogP contribution in [0.3, 0.4) is 0 Å². The molecule has 6 nitrogen and oxygen atoms in total. The Morgan fingerprint density at radius 2 is 1.89 bits per heavy atom. The van der Waals surface area contributed by atoms with E-state index in [1.807, 2.05) is 13.8 Å². The first-order valence-corrected chi connectivity index (χ1v) is 6.41. The quantitative estimate of drug-likeness (QED) is 0.571. The zero-order valence-corrected chi connectivity index (χ0v) is 12.2. The average molecular weight is 267 g/mol. The van der Waals surface area contributed by atoms with Crippen molar-refractivity contribution in [1.82, 2.24) is 14.8 Å². The lowest BCUT2D eigenvalue weighted by Crippen LogP contribution is -2.37. The maximum Gasteiger partial charge on any atom is 0.318 e. The Labute approximate surface area is 113 Å². The molecule has 1 aromatic rings. The van der Waals surface area contributed by atoms with Crippen LogP contribution in [0.25, 0.3) is 0 Å². The average Bonchev–Trinajstić information content (AvgIpc) is 2.79. The van der Waals surface area contributed by atoms with Gasteiger partial charge < -0.3 is 4.74 Å². The van der Waals surface area contributed by atoms with Crippen LogP contribution in [0.4, 0.5) is 0 Å². The second-order valence-corrected chi connectivity index (χ2v) is 4.85. The van der Waals surface area contributed by atoms with Crippen LogP contribution in [-0.2, 0) is 33.7 Å². The van der Waals surface area contributed by atoms with Gasteiger partial charge in [0.2, 0.25) is 0 Å². The van der Waals surface area contributed by atoms with E-state index in [0.29, 0.717) is 18.7 Å². The summed E-state index contributed by atoms with van der Waals surface area (Å²) in [4.78, 5) is 28.1. The number of hydrogen-bond acceptors (Lipinski definition) is 5. The summed E-state index contributed by atoms with van der Waals surface area (Å²) in [5.74, 6) is 0.694. The van der Waals surface area contributed by atoms with Gasteiger partial charge in [0.05, 0.1) is 7.11 Å². The number of hydrogen-bond donors (Lipinski definition) is 0. The molecule has 106 valence electrons. The summed E-state index contributed by atoms with van der Waals surface area (Å²) < 4.78 is 6.23. The molecule has 0 aliphatic heterocycles. The number of methoxy groups -OCH3 is 1. The number of carbonyl (C=O) groups is 2. The van der Waals surface area contributed by atoms with Crippen LogP contribution in [0, 0.1) is 5.41 Å². The fraction of sp³-hybridized carbons (Fsp3) is 0.692. The molecule has 19 heavy (non-hydrogen) atoms. The van der Waals surface area contributed by atoms with Crippen molar-refractivity contribution in [2.24, 2.45) is 5.41 Å². The minimum absolute atomic E-state index is 0.0400. The molecule has 1 rings (SSSR count). The molecule has 6 heteroatoms. The summed E-state index contributed by atoms with van der Waals surface area (Å²) in [6, 6.07) is 0. The third-order valence-corrected chi connectivity index (χ3v) is 3.11. The molecule has 0 aliphatic carbocycles. The predicted octanol–water partition coefficient (Wildman–Crippen LogP) is 1.17. The van der Waals surface area contributed by atoms with Gasteiger partial charge in [-0.2, -0.15) is 5.10 Å². The van der Waals surface area contributed by atoms with Crippen molar-refractivity contribution in [1.29, 1.82) is 0 Å². The number of esters is 1. The van der Waals surface area contributed by atoms with Gasteiger partial charge in [-0.25, -0.2) is 9.67 Å². The monoisotopic (exact) mass is 267 g/mol. The van der Waals surface area contributed by atoms with Crippen LogP contribution in [-0.4, -0.2) is 33.6 Å². The van der Waals surface area contributed by atoms with Crippen molar-refractivity contribution in [3.8, 4) is 0 Å². The maximum atomic E-state index is 12.2. The molecule has 0 fully saturated rings. The fourth-order valence-electron chi connectivity index (χ4n) is 1.67. The second-order valence-electron chi connectivity index (χ2n) is 4.85. The number of Topliss-reactive ketones (excluding diaryl/α,β-unsaturated/α-hetero) is 1. The molecule has 0 amide bonds. The van der Waals surface area contributed by atoms with Gasteiger partial charge in [0.25, 0.3) is 0 Å². The normalized spacial score (nSPS) is 11.4. The van der Waals surface area contributed by atoms with Gasteiger partial charge in [0.15, 0.2) is 11.6 Å². The summed E-state index contributed by atoms with van der Waals surface area (Å²) in [5, 5.41) is 4.27. The van der Waals surface area contributed by atoms with E-state index in [0.717, 1.165) is 5.82 Å². The molecular weight excluding hydrogens is 246 g/mol. The number of rotatable bonds is 6. The Balaban J connectivity index is 2.93. The van der Waals surface area contributed by atoms with Gasteiger partial charge in [0, 0.05) is 12.8 Å². The lowest BCUT2D eigenvalue weighted by atomic mass is 9.88. The van der Waals surface area contributed by atoms with Crippen molar-refractivity contribution in [2.45, 2.75) is 47.1 Å². The van der Waals surface area contributed by atoms with E-state index in [2.05, 4.69) is 14.8 Å². The summed E-state index contributed by atoms with van der Waals surface area (Å²) >= 11 is 0. The molecule has 0 aliphatic rings. The molecule has 1 heterocycles. The third kappa shape index (κ3) is 3.19. The van der Waals surface area contributed by atoms with E-state index in [9.17, 15) is 9.59 Å². The SMILES string of the molecule is CCc1nc(CC)n(CC(=O)C(C)(C)C(=O)OC)n1. The van der Waals surface area contributed by atoms with E-state index < -0.39 is 11.4 Å². The second kappa shape index (κ2) is 5.95. The number of nitrogens with zero attached hydrogens (tertiary/aromatic N) is 3. The first-order valence-electron chi connectivity index (χ1n) is 6.41. The first-order chi connectivity index (χ1) is 8.86. The molecule has 0 unspecified atom stereocenters. The Hall–Kier alpha value is -1.72. The Bertz CT molecular complexity index is 477. The molecule has 0 atom stereocenters. The highest BCUT2D eigenvalue weighted by Crippen LogP contribution is 2.19. The molecule has 1 aromatic heterocycles. The minimum Gasteiger partial charge on any atom is -0.468 e. The number of carbonyl (C=O) groups excluding carboxylic acids is 2. The molecular formula is C13H21N3O3. The fourth-order valence-corrected chi connectivity index (χ4v) is 1.67. The van der Waals surface area contributed by atoms with Gasteiger partial charge in [-0.05, 0) is 13.8 Å². The van der Waals surface area contributed by atoms with E-state index in [1.165, 1.54) is 7.11 Å². The summed E-state index contributed by atoms with van der Waals surface area (Å²) in [6.07, 6.45) is 1.41. The van der Waals surface area contributed by atoms with Crippen molar-refractivity contribution < 1.29 is 14.3 Å². The molecule has 0 N–H and O–H groups in total. The van der Waals surface area contributed by atoms with Crippen LogP contribution < -0.4 is 0 Å². The van der Waals surface area contributed by atoms with Crippen molar-refractivity contribution >= 4 is 11.8 Å². The molecule has 0 saturated carbocycles. The Kier molecular flexibility index (Phi) is 4.80. The third-order valence-electron chi connectivity index (χ3n) is 3.11. The van der Waals surface area contributed by atoms with Crippen LogP contribution in [0.5, 0.6) is 0 Å². The Morgan fingerprint density at radius 1 is 1.26 bits per heavy atom. The highest BCUT2D eigenvalue weighted by atomic mass is 16.5. The lowest BCUT2D eigenvalue weighted by molar-refractivity contribution is -0.156. The van der Waals surface area contributed by atoms with E-state index in [4.69, 9.17) is 0 Å². The van der Waals surface area contributed by atoms with Gasteiger partial charge in [0.1, 0.15) is 17.8 Å². The van der Waals surface area contributed by atoms with Gasteiger partial charge in [-0.3, -0.25) is 9.59 Å². The van der Waals surface area contributed by atoms with Gasteiger partial charge in [-0.15, -0.1) is 0 Å². The highest BCUT2D eigenvalue weighted by Gasteiger charge is 2.37. The van der Waals surface area contributed by atoms with Gasteiger partial charge in [-0.1, -0.05) is 13.8 Å². The van der Waals surface area contributed by atoms with E-state index >= 15 is 0 Å². The highest BCUT2D eigenvalue weighted by molar-refractivity contribution is 6.02.